The molecule has 4 fully saturated rings. The molecule has 332 valence electrons. The van der Waals surface area contributed by atoms with Crippen LogP contribution in [-0.2, 0) is 23.7 Å². The molecule has 1 saturated carbocycles. The second-order valence-electron chi connectivity index (χ2n) is 18.2. The van der Waals surface area contributed by atoms with E-state index in [0.717, 1.165) is 67.8 Å². The Bertz CT molecular complexity index is 2700. The summed E-state index contributed by atoms with van der Waals surface area (Å²) in [6, 6.07) is 10.8. The summed E-state index contributed by atoms with van der Waals surface area (Å²) in [5.41, 5.74) is 3.85. The predicted octanol–water partition coefficient (Wildman–Crippen LogP) is 6.17. The molecule has 63 heavy (non-hydrogen) atoms. The fraction of sp³-hybridized carbons (Fsp3) is 0.511. The lowest BCUT2D eigenvalue weighted by atomic mass is 9.92. The molecule has 15 nitrogen and oxygen atoms in total. The molecule has 3 N–H and O–H groups in total. The minimum absolute atomic E-state index is 0.109. The van der Waals surface area contributed by atoms with Crippen molar-refractivity contribution in [2.75, 3.05) is 59.8 Å². The quantitative estimate of drug-likeness (QED) is 0.153. The van der Waals surface area contributed by atoms with E-state index >= 15 is 8.78 Å². The van der Waals surface area contributed by atoms with Gasteiger partial charge < -0.3 is 29.7 Å². The maximum atomic E-state index is 15.2. The van der Waals surface area contributed by atoms with Crippen LogP contribution in [0, 0.1) is 11.8 Å². The number of amides is 2. The van der Waals surface area contributed by atoms with Crippen LogP contribution in [0.1, 0.15) is 64.0 Å². The zero-order valence-corrected chi connectivity index (χ0v) is 36.6. The Labute approximate surface area is 368 Å². The highest BCUT2D eigenvalue weighted by Crippen LogP contribution is 2.46. The van der Waals surface area contributed by atoms with Crippen molar-refractivity contribution < 1.29 is 23.1 Å². The van der Waals surface area contributed by atoms with Crippen LogP contribution in [0.15, 0.2) is 47.4 Å². The first kappa shape index (κ1) is 41.5. The number of anilines is 5. The number of rotatable bonds is 8. The van der Waals surface area contributed by atoms with E-state index in [-0.39, 0.29) is 41.3 Å². The van der Waals surface area contributed by atoms with Crippen molar-refractivity contribution in [3.8, 4) is 5.75 Å². The number of piperazine rings is 1. The molecule has 4 aliphatic heterocycles. The molecule has 0 radical (unpaired) electrons. The Morgan fingerprint density at radius 3 is 2.54 bits per heavy atom. The van der Waals surface area contributed by atoms with E-state index in [1.165, 1.54) is 4.57 Å². The molecule has 1 unspecified atom stereocenters. The van der Waals surface area contributed by atoms with E-state index in [1.54, 1.807) is 19.3 Å². The van der Waals surface area contributed by atoms with Gasteiger partial charge in [-0.2, -0.15) is 10.1 Å². The third-order valence-electron chi connectivity index (χ3n) is 13.9. The molecule has 3 saturated heterocycles. The highest BCUT2D eigenvalue weighted by molar-refractivity contribution is 6.33. The van der Waals surface area contributed by atoms with Gasteiger partial charge in [-0.3, -0.25) is 29.3 Å². The number of carbonyl (C=O) groups is 2. The number of fused-ring (bicyclic) bond motifs is 4. The molecule has 4 atom stereocenters. The van der Waals surface area contributed by atoms with Crippen LogP contribution in [0.2, 0.25) is 5.02 Å². The monoisotopic (exact) mass is 883 g/mol. The number of pyridine rings is 1. The zero-order valence-electron chi connectivity index (χ0n) is 35.8. The minimum atomic E-state index is -3.14. The zero-order chi connectivity index (χ0) is 43.9. The van der Waals surface area contributed by atoms with Gasteiger partial charge >= 0.3 is 5.92 Å². The highest BCUT2D eigenvalue weighted by Gasteiger charge is 2.51. The number of nitrogens with one attached hydrogen (secondary N) is 3. The Hall–Kier alpha value is -5.55. The molecule has 5 aromatic rings. The summed E-state index contributed by atoms with van der Waals surface area (Å²) in [5.74, 6) is -2.88. The lowest BCUT2D eigenvalue weighted by molar-refractivity contribution is -0.134. The smallest absolute Gasteiger partial charge is 0.301 e. The number of benzene rings is 2. The molecule has 2 amide bonds. The van der Waals surface area contributed by atoms with Crippen molar-refractivity contribution in [2.45, 2.75) is 82.3 Å². The van der Waals surface area contributed by atoms with Crippen LogP contribution >= 0.6 is 11.6 Å². The first-order chi connectivity index (χ1) is 30.2. The molecule has 0 bridgehead atoms. The van der Waals surface area contributed by atoms with Crippen molar-refractivity contribution in [2.24, 2.45) is 25.9 Å². The van der Waals surface area contributed by atoms with Crippen molar-refractivity contribution in [3.63, 3.8) is 0 Å². The fourth-order valence-electron chi connectivity index (χ4n) is 10.2. The Morgan fingerprint density at radius 1 is 0.984 bits per heavy atom. The van der Waals surface area contributed by atoms with E-state index in [9.17, 15) is 14.4 Å². The number of carbonyl (C=O) groups excluding carboxylic acids is 2. The number of piperidine rings is 2. The third-order valence-corrected chi connectivity index (χ3v) is 14.1. The van der Waals surface area contributed by atoms with Crippen LogP contribution in [0.25, 0.3) is 21.8 Å². The normalized spacial score (nSPS) is 24.5. The topological polar surface area (TPSA) is 155 Å². The number of ether oxygens (including phenoxy) is 1. The van der Waals surface area contributed by atoms with Crippen LogP contribution < -0.4 is 36.0 Å². The van der Waals surface area contributed by atoms with Gasteiger partial charge in [0.05, 0.1) is 46.3 Å². The first-order valence-corrected chi connectivity index (χ1v) is 22.4. The van der Waals surface area contributed by atoms with Crippen LogP contribution in [-0.4, -0.2) is 104 Å². The number of halogens is 3. The lowest BCUT2D eigenvalue weighted by Gasteiger charge is -2.46. The number of hydrogen-bond acceptors (Lipinski definition) is 12. The van der Waals surface area contributed by atoms with Crippen LogP contribution in [0.4, 0.5) is 37.6 Å². The fourth-order valence-corrected chi connectivity index (χ4v) is 10.4. The number of nitrogens with zero attached hydrogens (tertiary/aromatic N) is 8. The summed E-state index contributed by atoms with van der Waals surface area (Å²) in [5, 5.41) is 15.5. The Morgan fingerprint density at radius 2 is 1.78 bits per heavy atom. The van der Waals surface area contributed by atoms with Gasteiger partial charge in [0, 0.05) is 81.8 Å². The van der Waals surface area contributed by atoms with E-state index < -0.39 is 30.0 Å². The summed E-state index contributed by atoms with van der Waals surface area (Å²) in [6.07, 6.45) is 5.88. The summed E-state index contributed by atoms with van der Waals surface area (Å²) in [6.45, 7) is 7.98. The molecular weight excluding hydrogens is 832 g/mol. The van der Waals surface area contributed by atoms with Crippen LogP contribution in [0.5, 0.6) is 5.75 Å². The molecule has 1 aliphatic carbocycles. The molecule has 5 aliphatic rings. The van der Waals surface area contributed by atoms with E-state index in [4.69, 9.17) is 26.4 Å². The van der Waals surface area contributed by atoms with E-state index in [2.05, 4.69) is 55.5 Å². The average Bonchev–Trinajstić information content (AvgIpc) is 4.06. The van der Waals surface area contributed by atoms with Gasteiger partial charge in [0.25, 0.3) is 5.56 Å². The predicted molar refractivity (Wildman–Crippen MR) is 239 cm³/mol. The maximum Gasteiger partial charge on any atom is 0.301 e. The van der Waals surface area contributed by atoms with Gasteiger partial charge in [0.15, 0.2) is 12.4 Å². The molecule has 3 aromatic heterocycles. The van der Waals surface area contributed by atoms with Gasteiger partial charge in [-0.1, -0.05) is 23.7 Å². The Balaban J connectivity index is 0.805. The standard InChI is InChI=1S/C45H52ClF2N11O4/c1-24-21-59(25(2)20-58(24)22-26-14-16-57(17-15-26)34-7-5-6-29-36(54-56(4)38(29)34)30-11-13-35(60)51-42(30)61)44-49-19-32(46)41(53-44)50-28-10-12-33-31(18-28)37-39(43(62)55(33)3)63-23-45(47,48)40(52-37)27-8-9-27/h5-7,10,12,18-19,24-27,30,40,52H,8-9,11,13-17,20-23H2,1-4H3,(H,49,50,53)(H,51,60,61)/t24-,25+,30?,40-/m0/s1. The summed E-state index contributed by atoms with van der Waals surface area (Å²) >= 11 is 6.70. The molecule has 0 spiro atoms. The molecule has 18 heteroatoms. The number of hydrogen-bond donors (Lipinski definition) is 3. The summed E-state index contributed by atoms with van der Waals surface area (Å²) in [7, 11) is 3.54. The number of para-hydroxylation sites is 1. The second-order valence-corrected chi connectivity index (χ2v) is 18.6. The average molecular weight is 884 g/mol. The highest BCUT2D eigenvalue weighted by atomic mass is 35.5. The molecule has 2 aromatic carbocycles. The minimum Gasteiger partial charge on any atom is -0.480 e. The van der Waals surface area contributed by atoms with Gasteiger partial charge in [-0.05, 0) is 82.1 Å². The van der Waals surface area contributed by atoms with Gasteiger partial charge in [-0.25, -0.2) is 13.8 Å². The molecule has 10 rings (SSSR count). The maximum absolute atomic E-state index is 15.2. The summed E-state index contributed by atoms with van der Waals surface area (Å²) in [4.78, 5) is 54.7. The van der Waals surface area contributed by atoms with E-state index in [1.807, 2.05) is 36.0 Å². The van der Waals surface area contributed by atoms with Crippen molar-refractivity contribution in [1.82, 2.24) is 34.5 Å². The van der Waals surface area contributed by atoms with Gasteiger partial charge in [0.1, 0.15) is 5.02 Å². The number of imide groups is 1. The van der Waals surface area contributed by atoms with Gasteiger partial charge in [0.2, 0.25) is 23.5 Å². The Kier molecular flexibility index (Phi) is 10.5. The van der Waals surface area contributed by atoms with Crippen molar-refractivity contribution in [1.29, 1.82) is 0 Å². The second kappa shape index (κ2) is 15.9. The summed E-state index contributed by atoms with van der Waals surface area (Å²) < 4.78 is 39.3. The SMILES string of the molecule is C[C@@H]1CN(CC2CCN(c3cccc4c(C5CCC(=O)NC5=O)nn(C)c34)CC2)[C@@H](C)CN1c1ncc(Cl)c(Nc2ccc3c(c2)c2c(c(=O)n3C)OCC(F)(F)[C@H](C3CC3)N2)n1. The molecule has 7 heterocycles. The largest absolute Gasteiger partial charge is 0.480 e. The molecular formula is C45H52ClF2N11O4. The number of aromatic nitrogens is 5. The number of alkyl halides is 2. The third kappa shape index (κ3) is 7.59. The van der Waals surface area contributed by atoms with Crippen molar-refractivity contribution >= 4 is 74.0 Å². The van der Waals surface area contributed by atoms with Gasteiger partial charge in [-0.15, -0.1) is 0 Å². The number of aryl methyl sites for hydroxylation is 2. The lowest BCUT2D eigenvalue weighted by Crippen LogP contribution is -2.58. The van der Waals surface area contributed by atoms with E-state index in [0.29, 0.717) is 65.0 Å². The van der Waals surface area contributed by atoms with Crippen molar-refractivity contribution in [3.05, 3.63) is 63.7 Å². The van der Waals surface area contributed by atoms with Crippen LogP contribution in [0.3, 0.4) is 0 Å². The first-order valence-electron chi connectivity index (χ1n) is 22.0.